The molecule has 0 aliphatic heterocycles. The van der Waals surface area contributed by atoms with Crippen LogP contribution in [0.4, 0.5) is 13.2 Å². The molecule has 174 valence electrons. The van der Waals surface area contributed by atoms with E-state index >= 15 is 0 Å². The number of aromatic nitrogens is 1. The molecule has 0 amide bonds. The van der Waals surface area contributed by atoms with Gasteiger partial charge in [0.15, 0.2) is 0 Å². The van der Waals surface area contributed by atoms with Gasteiger partial charge in [-0.1, -0.05) is 18.2 Å². The van der Waals surface area contributed by atoms with Gasteiger partial charge in [-0.3, -0.25) is 4.79 Å². The van der Waals surface area contributed by atoms with Crippen LogP contribution in [0.1, 0.15) is 52.4 Å². The van der Waals surface area contributed by atoms with Crippen LogP contribution in [0.3, 0.4) is 0 Å². The fourth-order valence-corrected chi connectivity index (χ4v) is 5.27. The van der Waals surface area contributed by atoms with Gasteiger partial charge in [-0.05, 0) is 68.0 Å². The molecule has 0 saturated heterocycles. The van der Waals surface area contributed by atoms with Crippen molar-refractivity contribution in [2.24, 2.45) is 0 Å². The average molecular weight is 476 g/mol. The first-order valence-electron chi connectivity index (χ1n) is 10.8. The van der Waals surface area contributed by atoms with Crippen molar-refractivity contribution in [1.82, 2.24) is 4.98 Å². The van der Waals surface area contributed by atoms with Crippen molar-refractivity contribution in [3.8, 4) is 16.3 Å². The predicted molar refractivity (Wildman–Crippen MR) is 121 cm³/mol. The molecule has 33 heavy (non-hydrogen) atoms. The number of fused-ring (bicyclic) bond motifs is 1. The van der Waals surface area contributed by atoms with E-state index in [0.717, 1.165) is 59.0 Å². The number of thiazole rings is 1. The molecule has 0 unspecified atom stereocenters. The molecule has 1 heterocycles. The molecule has 0 fully saturated rings. The smallest absolute Gasteiger partial charge is 0.416 e. The molecule has 3 aromatic rings. The zero-order chi connectivity index (χ0) is 23.6. The molecule has 0 saturated carbocycles. The third-order valence-electron chi connectivity index (χ3n) is 5.90. The Morgan fingerprint density at radius 2 is 1.97 bits per heavy atom. The van der Waals surface area contributed by atoms with Gasteiger partial charge in [-0.2, -0.15) is 13.2 Å². The number of rotatable bonds is 7. The number of carboxylic acid groups (broad SMARTS) is 1. The van der Waals surface area contributed by atoms with Crippen molar-refractivity contribution in [1.29, 1.82) is 0 Å². The fraction of sp³-hybridized carbons (Fsp3) is 0.360. The van der Waals surface area contributed by atoms with E-state index in [1.807, 2.05) is 25.1 Å². The van der Waals surface area contributed by atoms with E-state index in [0.29, 0.717) is 18.6 Å². The number of carbonyl (C=O) groups is 1. The Kier molecular flexibility index (Phi) is 6.74. The number of hydrogen-bond donors (Lipinski definition) is 1. The summed E-state index contributed by atoms with van der Waals surface area (Å²) in [6.07, 6.45) is -0.894. The van der Waals surface area contributed by atoms with Gasteiger partial charge >= 0.3 is 12.1 Å². The van der Waals surface area contributed by atoms with Crippen molar-refractivity contribution in [3.63, 3.8) is 0 Å². The quantitative estimate of drug-likeness (QED) is 0.415. The van der Waals surface area contributed by atoms with Crippen LogP contribution in [0.25, 0.3) is 10.6 Å². The average Bonchev–Trinajstić information content (AvgIpc) is 3.21. The van der Waals surface area contributed by atoms with Gasteiger partial charge in [0.1, 0.15) is 10.8 Å². The Bertz CT molecular complexity index is 1140. The Hall–Kier alpha value is -2.87. The van der Waals surface area contributed by atoms with Crippen molar-refractivity contribution in [2.45, 2.75) is 51.1 Å². The van der Waals surface area contributed by atoms with E-state index in [9.17, 15) is 18.0 Å². The number of alkyl halides is 3. The Labute approximate surface area is 194 Å². The molecule has 4 rings (SSSR count). The number of nitrogens with zero attached hydrogens (tertiary/aromatic N) is 1. The lowest BCUT2D eigenvalue weighted by Gasteiger charge is -2.21. The monoisotopic (exact) mass is 475 g/mol. The maximum absolute atomic E-state index is 12.9. The van der Waals surface area contributed by atoms with Gasteiger partial charge in [0, 0.05) is 22.8 Å². The first-order chi connectivity index (χ1) is 15.7. The molecule has 0 radical (unpaired) electrons. The second kappa shape index (κ2) is 9.55. The SMILES string of the molecule is Cc1cc(OC[C@H]2CCCc3sc(-c4ccc(C(F)(F)F)cc4)nc32)ccc1CCC(=O)O. The second-order valence-electron chi connectivity index (χ2n) is 8.28. The summed E-state index contributed by atoms with van der Waals surface area (Å²) in [5.74, 6) is 0.0406. The first-order valence-corrected chi connectivity index (χ1v) is 11.6. The van der Waals surface area contributed by atoms with E-state index in [1.165, 1.54) is 17.0 Å². The number of hydrogen-bond acceptors (Lipinski definition) is 4. The number of aliphatic carboxylic acids is 1. The zero-order valence-corrected chi connectivity index (χ0v) is 18.9. The minimum Gasteiger partial charge on any atom is -0.493 e. The van der Waals surface area contributed by atoms with Crippen LogP contribution in [0.5, 0.6) is 5.75 Å². The number of ether oxygens (including phenoxy) is 1. The summed E-state index contributed by atoms with van der Waals surface area (Å²) in [5, 5.41) is 9.61. The highest BCUT2D eigenvalue weighted by atomic mass is 32.1. The van der Waals surface area contributed by atoms with Gasteiger partial charge in [0.05, 0.1) is 17.9 Å². The van der Waals surface area contributed by atoms with Crippen molar-refractivity contribution in [2.75, 3.05) is 6.61 Å². The van der Waals surface area contributed by atoms with E-state index in [-0.39, 0.29) is 12.3 Å². The number of aryl methyl sites for hydroxylation is 3. The number of carboxylic acids is 1. The highest BCUT2D eigenvalue weighted by Crippen LogP contribution is 2.39. The third kappa shape index (κ3) is 5.55. The first kappa shape index (κ1) is 23.3. The topological polar surface area (TPSA) is 59.4 Å². The van der Waals surface area contributed by atoms with Crippen LogP contribution in [0.2, 0.25) is 0 Å². The fourth-order valence-electron chi connectivity index (χ4n) is 4.07. The van der Waals surface area contributed by atoms with Crippen LogP contribution < -0.4 is 4.74 Å². The van der Waals surface area contributed by atoms with Crippen LogP contribution in [0, 0.1) is 6.92 Å². The van der Waals surface area contributed by atoms with Crippen molar-refractivity contribution in [3.05, 3.63) is 69.7 Å². The molecule has 1 atom stereocenters. The van der Waals surface area contributed by atoms with Gasteiger partial charge < -0.3 is 9.84 Å². The summed E-state index contributed by atoms with van der Waals surface area (Å²) in [5.41, 5.74) is 3.00. The summed E-state index contributed by atoms with van der Waals surface area (Å²) in [7, 11) is 0. The van der Waals surface area contributed by atoms with Gasteiger partial charge in [-0.15, -0.1) is 11.3 Å². The molecule has 0 spiro atoms. The zero-order valence-electron chi connectivity index (χ0n) is 18.1. The highest BCUT2D eigenvalue weighted by Gasteiger charge is 2.30. The normalized spacial score (nSPS) is 15.8. The highest BCUT2D eigenvalue weighted by molar-refractivity contribution is 7.15. The molecule has 4 nitrogen and oxygen atoms in total. The molecule has 1 aliphatic rings. The molecule has 8 heteroatoms. The Morgan fingerprint density at radius 1 is 1.21 bits per heavy atom. The molecule has 2 aromatic carbocycles. The number of benzene rings is 2. The van der Waals surface area contributed by atoms with E-state index < -0.39 is 17.7 Å². The maximum atomic E-state index is 12.9. The predicted octanol–water partition coefficient (Wildman–Crippen LogP) is 6.65. The van der Waals surface area contributed by atoms with Gasteiger partial charge in [-0.25, -0.2) is 4.98 Å². The lowest BCUT2D eigenvalue weighted by Crippen LogP contribution is -2.16. The Morgan fingerprint density at radius 3 is 2.64 bits per heavy atom. The van der Waals surface area contributed by atoms with Crippen molar-refractivity contribution < 1.29 is 27.8 Å². The van der Waals surface area contributed by atoms with Gasteiger partial charge in [0.25, 0.3) is 0 Å². The van der Waals surface area contributed by atoms with Crippen LogP contribution in [-0.4, -0.2) is 22.7 Å². The lowest BCUT2D eigenvalue weighted by molar-refractivity contribution is -0.138. The van der Waals surface area contributed by atoms with E-state index in [2.05, 4.69) is 0 Å². The Balaban J connectivity index is 1.45. The minimum absolute atomic E-state index is 0.0942. The minimum atomic E-state index is -4.35. The third-order valence-corrected chi connectivity index (χ3v) is 7.08. The lowest BCUT2D eigenvalue weighted by atomic mass is 9.92. The van der Waals surface area contributed by atoms with E-state index in [1.54, 1.807) is 11.3 Å². The van der Waals surface area contributed by atoms with Crippen molar-refractivity contribution >= 4 is 17.3 Å². The maximum Gasteiger partial charge on any atom is 0.416 e. The summed E-state index contributed by atoms with van der Waals surface area (Å²) < 4.78 is 44.6. The van der Waals surface area contributed by atoms with Crippen LogP contribution in [-0.2, 0) is 23.8 Å². The van der Waals surface area contributed by atoms with Crippen LogP contribution in [0.15, 0.2) is 42.5 Å². The molecular formula is C25H24F3NO3S. The van der Waals surface area contributed by atoms with Gasteiger partial charge in [0.2, 0.25) is 0 Å². The summed E-state index contributed by atoms with van der Waals surface area (Å²) in [4.78, 5) is 16.8. The standard InChI is InChI=1S/C25H24F3NO3S/c1-15-13-20(11-7-16(15)8-12-22(30)31)32-14-18-3-2-4-21-23(18)29-24(33-21)17-5-9-19(10-6-17)25(26,27)28/h5-7,9-11,13,18H,2-4,8,12,14H2,1H3,(H,30,31)/t18-/m1/s1. The molecule has 1 N–H and O–H groups in total. The van der Waals surface area contributed by atoms with E-state index in [4.69, 9.17) is 14.8 Å². The summed E-state index contributed by atoms with van der Waals surface area (Å²) in [6.45, 7) is 2.41. The summed E-state index contributed by atoms with van der Waals surface area (Å²) in [6, 6.07) is 10.8. The largest absolute Gasteiger partial charge is 0.493 e. The molecule has 0 bridgehead atoms. The molecule has 1 aliphatic carbocycles. The second-order valence-corrected chi connectivity index (χ2v) is 9.37. The summed E-state index contributed by atoms with van der Waals surface area (Å²) >= 11 is 1.54. The molecule has 1 aromatic heterocycles. The molecular weight excluding hydrogens is 451 g/mol. The number of halogens is 3. The van der Waals surface area contributed by atoms with Crippen LogP contribution >= 0.6 is 11.3 Å².